The van der Waals surface area contributed by atoms with Gasteiger partial charge in [-0.1, -0.05) is 30.3 Å². The van der Waals surface area contributed by atoms with Gasteiger partial charge in [-0.15, -0.1) is 0 Å². The Balaban J connectivity index is 2.15. The molecule has 0 spiro atoms. The van der Waals surface area contributed by atoms with Crippen LogP contribution in [0, 0.1) is 11.6 Å². The highest BCUT2D eigenvalue weighted by Crippen LogP contribution is 2.16. The van der Waals surface area contributed by atoms with Crippen molar-refractivity contribution in [3.05, 3.63) is 65.7 Å². The van der Waals surface area contributed by atoms with Crippen molar-refractivity contribution in [1.82, 2.24) is 0 Å². The first-order valence-electron chi connectivity index (χ1n) is 5.46. The molecule has 2 aromatic rings. The maximum atomic E-state index is 13.0. The van der Waals surface area contributed by atoms with Gasteiger partial charge in [-0.2, -0.15) is 0 Å². The fraction of sp³-hybridized carbons (Fsp3) is 0.0769. The Morgan fingerprint density at radius 3 is 2.26 bits per heavy atom. The van der Waals surface area contributed by atoms with Gasteiger partial charge in [0.05, 0.1) is 11.4 Å². The van der Waals surface area contributed by atoms with Gasteiger partial charge >= 0.3 is 0 Å². The van der Waals surface area contributed by atoms with Crippen LogP contribution in [0.25, 0.3) is 0 Å². The lowest BCUT2D eigenvalue weighted by molar-refractivity contribution is 0.509. The molecule has 0 fully saturated rings. The summed E-state index contributed by atoms with van der Waals surface area (Å²) in [4.78, 5) is 0. The van der Waals surface area contributed by atoms with Gasteiger partial charge in [-0.3, -0.25) is 4.72 Å². The Morgan fingerprint density at radius 2 is 1.63 bits per heavy atom. The number of rotatable bonds is 4. The monoisotopic (exact) mass is 283 g/mol. The van der Waals surface area contributed by atoms with E-state index in [4.69, 9.17) is 0 Å². The average molecular weight is 283 g/mol. The number of sulfonamides is 1. The van der Waals surface area contributed by atoms with Crippen LogP contribution in [-0.2, 0) is 15.8 Å². The summed E-state index contributed by atoms with van der Waals surface area (Å²) in [6.45, 7) is 0. The summed E-state index contributed by atoms with van der Waals surface area (Å²) in [5.74, 6) is -2.35. The third-order valence-electron chi connectivity index (χ3n) is 2.39. The van der Waals surface area contributed by atoms with Crippen molar-refractivity contribution < 1.29 is 17.2 Å². The minimum absolute atomic E-state index is 0.00479. The molecular formula is C13H11F2NO2S. The van der Waals surface area contributed by atoms with Crippen LogP contribution in [-0.4, -0.2) is 8.42 Å². The van der Waals surface area contributed by atoms with Crippen molar-refractivity contribution in [2.24, 2.45) is 0 Å². The summed E-state index contributed by atoms with van der Waals surface area (Å²) >= 11 is 0. The second kappa shape index (κ2) is 5.36. The highest BCUT2D eigenvalue weighted by molar-refractivity contribution is 7.91. The van der Waals surface area contributed by atoms with Crippen molar-refractivity contribution in [2.75, 3.05) is 4.72 Å². The maximum Gasteiger partial charge on any atom is 0.236 e. The third kappa shape index (κ3) is 3.75. The maximum absolute atomic E-state index is 13.0. The molecule has 0 unspecified atom stereocenters. The van der Waals surface area contributed by atoms with Crippen LogP contribution in [0.3, 0.4) is 0 Å². The van der Waals surface area contributed by atoms with E-state index in [1.807, 2.05) is 0 Å². The molecule has 2 aromatic carbocycles. The van der Waals surface area contributed by atoms with E-state index < -0.39 is 21.7 Å². The molecule has 1 N–H and O–H groups in total. The van der Waals surface area contributed by atoms with E-state index in [0.717, 1.165) is 12.1 Å². The van der Waals surface area contributed by atoms with Crippen molar-refractivity contribution in [3.63, 3.8) is 0 Å². The van der Waals surface area contributed by atoms with Gasteiger partial charge < -0.3 is 0 Å². The second-order valence-electron chi connectivity index (χ2n) is 3.98. The summed E-state index contributed by atoms with van der Waals surface area (Å²) in [5, 5.41) is 0. The molecular weight excluding hydrogens is 272 g/mol. The molecule has 2 rings (SSSR count). The average Bonchev–Trinajstić information content (AvgIpc) is 2.34. The van der Waals surface area contributed by atoms with E-state index in [1.54, 1.807) is 30.3 Å². The Hall–Kier alpha value is -1.95. The number of nitrogens with one attached hydrogen (secondary N) is 1. The van der Waals surface area contributed by atoms with E-state index in [-0.39, 0.29) is 11.4 Å². The van der Waals surface area contributed by atoms with E-state index in [0.29, 0.717) is 5.56 Å². The summed E-state index contributed by atoms with van der Waals surface area (Å²) in [5.41, 5.74) is 0.604. The first kappa shape index (κ1) is 13.5. The first-order chi connectivity index (χ1) is 8.96. The molecule has 0 heterocycles. The van der Waals surface area contributed by atoms with E-state index in [2.05, 4.69) is 4.72 Å². The molecule has 0 radical (unpaired) electrons. The zero-order chi connectivity index (χ0) is 13.9. The lowest BCUT2D eigenvalue weighted by atomic mass is 10.2. The molecule has 3 nitrogen and oxygen atoms in total. The zero-order valence-corrected chi connectivity index (χ0v) is 10.6. The quantitative estimate of drug-likeness (QED) is 0.937. The fourth-order valence-corrected chi connectivity index (χ4v) is 2.76. The van der Waals surface area contributed by atoms with Gasteiger partial charge in [0.25, 0.3) is 0 Å². The second-order valence-corrected chi connectivity index (χ2v) is 5.70. The lowest BCUT2D eigenvalue weighted by Gasteiger charge is -2.08. The Bertz CT molecular complexity index is 672. The van der Waals surface area contributed by atoms with Gasteiger partial charge in [-0.25, -0.2) is 17.2 Å². The van der Waals surface area contributed by atoms with E-state index >= 15 is 0 Å². The predicted octanol–water partition coefficient (Wildman–Crippen LogP) is 2.91. The first-order valence-corrected chi connectivity index (χ1v) is 7.11. The highest BCUT2D eigenvalue weighted by Gasteiger charge is 2.12. The highest BCUT2D eigenvalue weighted by atomic mass is 32.2. The molecule has 0 aliphatic heterocycles. The largest absolute Gasteiger partial charge is 0.283 e. The molecule has 6 heteroatoms. The van der Waals surface area contributed by atoms with Crippen LogP contribution in [0.5, 0.6) is 0 Å². The number of benzene rings is 2. The van der Waals surface area contributed by atoms with Gasteiger partial charge in [0, 0.05) is 6.07 Å². The van der Waals surface area contributed by atoms with Crippen LogP contribution in [0.2, 0.25) is 0 Å². The molecule has 0 bridgehead atoms. The topological polar surface area (TPSA) is 46.2 Å². The molecule has 0 amide bonds. The molecule has 0 saturated carbocycles. The summed E-state index contributed by atoms with van der Waals surface area (Å²) < 4.78 is 51.6. The summed E-state index contributed by atoms with van der Waals surface area (Å²) in [6, 6.07) is 11.4. The third-order valence-corrected chi connectivity index (χ3v) is 3.65. The molecule has 19 heavy (non-hydrogen) atoms. The van der Waals surface area contributed by atoms with Gasteiger partial charge in [0.1, 0.15) is 0 Å². The SMILES string of the molecule is O=S(=O)(Cc1ccccc1)Nc1ccc(F)c(F)c1. The van der Waals surface area contributed by atoms with Crippen LogP contribution in [0.15, 0.2) is 48.5 Å². The molecule has 0 aliphatic carbocycles. The fourth-order valence-electron chi connectivity index (χ4n) is 1.57. The van der Waals surface area contributed by atoms with Crippen LogP contribution < -0.4 is 4.72 Å². The van der Waals surface area contributed by atoms with Gasteiger partial charge in [0.2, 0.25) is 10.0 Å². The van der Waals surface area contributed by atoms with Crippen LogP contribution in [0.1, 0.15) is 5.56 Å². The molecule has 100 valence electrons. The van der Waals surface area contributed by atoms with Crippen molar-refractivity contribution in [3.8, 4) is 0 Å². The van der Waals surface area contributed by atoms with E-state index in [1.165, 1.54) is 6.07 Å². The standard InChI is InChI=1S/C13H11F2NO2S/c14-12-7-6-11(8-13(12)15)16-19(17,18)9-10-4-2-1-3-5-10/h1-8,16H,9H2. The summed E-state index contributed by atoms with van der Waals surface area (Å²) in [6.07, 6.45) is 0. The predicted molar refractivity (Wildman–Crippen MR) is 69.0 cm³/mol. The number of anilines is 1. The Kier molecular flexibility index (Phi) is 3.80. The minimum atomic E-state index is -3.66. The molecule has 0 saturated heterocycles. The number of hydrogen-bond donors (Lipinski definition) is 1. The number of hydrogen-bond acceptors (Lipinski definition) is 2. The van der Waals surface area contributed by atoms with E-state index in [9.17, 15) is 17.2 Å². The molecule has 0 aliphatic rings. The van der Waals surface area contributed by atoms with Crippen LogP contribution >= 0.6 is 0 Å². The molecule has 0 atom stereocenters. The van der Waals surface area contributed by atoms with Crippen LogP contribution in [0.4, 0.5) is 14.5 Å². The van der Waals surface area contributed by atoms with Gasteiger partial charge in [0.15, 0.2) is 11.6 Å². The summed E-state index contributed by atoms with van der Waals surface area (Å²) in [7, 11) is -3.66. The molecule has 0 aromatic heterocycles. The Morgan fingerprint density at radius 1 is 0.947 bits per heavy atom. The van der Waals surface area contributed by atoms with Gasteiger partial charge in [-0.05, 0) is 17.7 Å². The Labute approximate surface area is 109 Å². The van der Waals surface area contributed by atoms with Crippen molar-refractivity contribution >= 4 is 15.7 Å². The van der Waals surface area contributed by atoms with Crippen molar-refractivity contribution in [2.45, 2.75) is 5.75 Å². The number of halogens is 2. The minimum Gasteiger partial charge on any atom is -0.283 e. The van der Waals surface area contributed by atoms with Crippen molar-refractivity contribution in [1.29, 1.82) is 0 Å². The lowest BCUT2D eigenvalue weighted by Crippen LogP contribution is -2.15. The smallest absolute Gasteiger partial charge is 0.236 e. The normalized spacial score (nSPS) is 11.3. The zero-order valence-electron chi connectivity index (χ0n) is 9.81.